The molecule has 0 aromatic heterocycles. The van der Waals surface area contributed by atoms with Gasteiger partial charge in [-0.3, -0.25) is 4.79 Å². The van der Waals surface area contributed by atoms with Crippen LogP contribution in [-0.4, -0.2) is 6.47 Å². The van der Waals surface area contributed by atoms with Gasteiger partial charge in [-0.25, -0.2) is 0 Å². The summed E-state index contributed by atoms with van der Waals surface area (Å²) in [7, 11) is 0. The molecule has 0 aliphatic carbocycles. The van der Waals surface area contributed by atoms with Gasteiger partial charge in [0.05, 0.1) is 5.56 Å². The van der Waals surface area contributed by atoms with Crippen LogP contribution in [0, 0.1) is 6.92 Å². The maximum absolute atomic E-state index is 12.2. The number of benzene rings is 1. The summed E-state index contributed by atoms with van der Waals surface area (Å²) in [5.41, 5.74) is -0.439. The number of carbonyl (C=O) groups excluding carboxylic acids is 1. The Hall–Kier alpha value is -1.52. The number of carbonyl (C=O) groups is 1. The van der Waals surface area contributed by atoms with E-state index in [1.54, 1.807) is 0 Å². The van der Waals surface area contributed by atoms with Crippen molar-refractivity contribution < 1.29 is 22.7 Å². The molecule has 1 aromatic rings. The smallest absolute Gasteiger partial charge is 0.416 e. The molecule has 1 aromatic carbocycles. The fourth-order valence-electron chi connectivity index (χ4n) is 1.04. The van der Waals surface area contributed by atoms with E-state index >= 15 is 0 Å². The van der Waals surface area contributed by atoms with Crippen molar-refractivity contribution >= 4 is 6.47 Å². The van der Waals surface area contributed by atoms with Crippen LogP contribution in [0.4, 0.5) is 13.2 Å². The number of hydrogen-bond acceptors (Lipinski definition) is 2. The number of hydrogen-bond donors (Lipinski definition) is 0. The molecule has 76 valence electrons. The third-order valence-corrected chi connectivity index (χ3v) is 1.56. The molecule has 2 nitrogen and oxygen atoms in total. The fourth-order valence-corrected chi connectivity index (χ4v) is 1.04. The van der Waals surface area contributed by atoms with Crippen molar-refractivity contribution in [3.63, 3.8) is 0 Å². The molecule has 0 fully saturated rings. The van der Waals surface area contributed by atoms with Gasteiger partial charge in [0, 0.05) is 0 Å². The van der Waals surface area contributed by atoms with Gasteiger partial charge in [-0.1, -0.05) is 0 Å². The van der Waals surface area contributed by atoms with E-state index in [-0.39, 0.29) is 12.2 Å². The highest BCUT2D eigenvalue weighted by atomic mass is 19.4. The predicted octanol–water partition coefficient (Wildman–Crippen LogP) is 2.55. The van der Waals surface area contributed by atoms with Gasteiger partial charge < -0.3 is 4.74 Å². The average molecular weight is 204 g/mol. The standard InChI is InChI=1S/C9H7F3O2/c1-6-2-7(9(10,11)12)4-8(3-6)14-5-13/h2-5H,1H3. The van der Waals surface area contributed by atoms with Crippen LogP contribution in [0.2, 0.25) is 0 Å². The van der Waals surface area contributed by atoms with Crippen LogP contribution in [0.15, 0.2) is 18.2 Å². The van der Waals surface area contributed by atoms with Crippen LogP contribution < -0.4 is 4.74 Å². The minimum absolute atomic E-state index is 0.0922. The molecule has 0 aliphatic heterocycles. The normalized spacial score (nSPS) is 11.1. The average Bonchev–Trinajstić information content (AvgIpc) is 2.02. The molecule has 0 unspecified atom stereocenters. The topological polar surface area (TPSA) is 26.3 Å². The second kappa shape index (κ2) is 3.69. The van der Waals surface area contributed by atoms with Crippen LogP contribution in [0.1, 0.15) is 11.1 Å². The summed E-state index contributed by atoms with van der Waals surface area (Å²) < 4.78 is 41.1. The molecule has 14 heavy (non-hydrogen) atoms. The third-order valence-electron chi connectivity index (χ3n) is 1.56. The minimum atomic E-state index is -4.42. The van der Waals surface area contributed by atoms with Crippen molar-refractivity contribution in [1.82, 2.24) is 0 Å². The first-order valence-corrected chi connectivity index (χ1v) is 3.72. The lowest BCUT2D eigenvalue weighted by Gasteiger charge is -2.08. The Bertz CT molecular complexity index is 344. The highest BCUT2D eigenvalue weighted by molar-refractivity contribution is 5.47. The molecule has 0 aliphatic rings. The summed E-state index contributed by atoms with van der Waals surface area (Å²) in [4.78, 5) is 9.94. The maximum atomic E-state index is 12.2. The van der Waals surface area contributed by atoms with E-state index < -0.39 is 11.7 Å². The highest BCUT2D eigenvalue weighted by Crippen LogP contribution is 2.32. The monoisotopic (exact) mass is 204 g/mol. The Morgan fingerprint density at radius 2 is 1.93 bits per heavy atom. The van der Waals surface area contributed by atoms with E-state index in [0.717, 1.165) is 12.1 Å². The molecule has 0 amide bonds. The SMILES string of the molecule is Cc1cc(OC=O)cc(C(F)(F)F)c1. The number of halogens is 3. The largest absolute Gasteiger partial charge is 0.429 e. The Morgan fingerprint density at radius 3 is 2.43 bits per heavy atom. The van der Waals surface area contributed by atoms with Crippen molar-refractivity contribution in [3.05, 3.63) is 29.3 Å². The zero-order chi connectivity index (χ0) is 10.8. The lowest BCUT2D eigenvalue weighted by atomic mass is 10.1. The van der Waals surface area contributed by atoms with Crippen molar-refractivity contribution in [1.29, 1.82) is 0 Å². The summed E-state index contributed by atoms with van der Waals surface area (Å²) in [6, 6.07) is 3.11. The number of aryl methyl sites for hydroxylation is 1. The Labute approximate surface area is 78.3 Å². The zero-order valence-electron chi connectivity index (χ0n) is 7.26. The van der Waals surface area contributed by atoms with Crippen LogP contribution in [0.25, 0.3) is 0 Å². The minimum Gasteiger partial charge on any atom is -0.429 e. The van der Waals surface area contributed by atoms with E-state index in [1.165, 1.54) is 13.0 Å². The highest BCUT2D eigenvalue weighted by Gasteiger charge is 2.31. The molecule has 0 heterocycles. The quantitative estimate of drug-likeness (QED) is 0.692. The molecule has 0 bridgehead atoms. The summed E-state index contributed by atoms with van der Waals surface area (Å²) >= 11 is 0. The van der Waals surface area contributed by atoms with Gasteiger partial charge in [-0.15, -0.1) is 0 Å². The van der Waals surface area contributed by atoms with Crippen molar-refractivity contribution in [2.75, 3.05) is 0 Å². The second-order valence-electron chi connectivity index (χ2n) is 2.75. The lowest BCUT2D eigenvalue weighted by Crippen LogP contribution is -2.05. The van der Waals surface area contributed by atoms with Gasteiger partial charge in [0.2, 0.25) is 0 Å². The molecule has 0 N–H and O–H groups in total. The van der Waals surface area contributed by atoms with Gasteiger partial charge in [-0.05, 0) is 30.7 Å². The van der Waals surface area contributed by atoms with E-state index in [9.17, 15) is 18.0 Å². The summed E-state index contributed by atoms with van der Waals surface area (Å²) in [6.07, 6.45) is -4.42. The van der Waals surface area contributed by atoms with Gasteiger partial charge in [0.25, 0.3) is 6.47 Å². The first-order valence-electron chi connectivity index (χ1n) is 3.72. The first-order chi connectivity index (χ1) is 6.43. The Balaban J connectivity index is 3.13. The molecule has 0 radical (unpaired) electrons. The molecular weight excluding hydrogens is 197 g/mol. The Kier molecular flexibility index (Phi) is 2.78. The van der Waals surface area contributed by atoms with Crippen LogP contribution >= 0.6 is 0 Å². The van der Waals surface area contributed by atoms with Gasteiger partial charge >= 0.3 is 6.18 Å². The van der Waals surface area contributed by atoms with E-state index in [1.807, 2.05) is 0 Å². The molecule has 0 atom stereocenters. The maximum Gasteiger partial charge on any atom is 0.416 e. The number of alkyl halides is 3. The van der Waals surface area contributed by atoms with Crippen molar-refractivity contribution in [2.45, 2.75) is 13.1 Å². The predicted molar refractivity (Wildman–Crippen MR) is 42.9 cm³/mol. The fraction of sp³-hybridized carbons (Fsp3) is 0.222. The van der Waals surface area contributed by atoms with Gasteiger partial charge in [0.15, 0.2) is 0 Å². The molecule has 0 saturated carbocycles. The Morgan fingerprint density at radius 1 is 1.29 bits per heavy atom. The molecule has 0 spiro atoms. The summed E-state index contributed by atoms with van der Waals surface area (Å²) in [5, 5.41) is 0. The van der Waals surface area contributed by atoms with Crippen molar-refractivity contribution in [2.24, 2.45) is 0 Å². The molecule has 5 heteroatoms. The molecule has 1 rings (SSSR count). The second-order valence-corrected chi connectivity index (χ2v) is 2.75. The van der Waals surface area contributed by atoms with Crippen molar-refractivity contribution in [3.8, 4) is 5.75 Å². The molecule has 0 saturated heterocycles. The van der Waals surface area contributed by atoms with E-state index in [2.05, 4.69) is 4.74 Å². The first kappa shape index (κ1) is 10.6. The summed E-state index contributed by atoms with van der Waals surface area (Å²) in [5.74, 6) is -0.104. The lowest BCUT2D eigenvalue weighted by molar-refractivity contribution is -0.138. The number of ether oxygens (including phenoxy) is 1. The van der Waals surface area contributed by atoms with Crippen LogP contribution in [-0.2, 0) is 11.0 Å². The molecular formula is C9H7F3O2. The van der Waals surface area contributed by atoms with E-state index in [0.29, 0.717) is 5.56 Å². The van der Waals surface area contributed by atoms with Gasteiger partial charge in [0.1, 0.15) is 5.75 Å². The third kappa shape index (κ3) is 2.48. The van der Waals surface area contributed by atoms with E-state index in [4.69, 9.17) is 0 Å². The van der Waals surface area contributed by atoms with Gasteiger partial charge in [-0.2, -0.15) is 13.2 Å². The zero-order valence-corrected chi connectivity index (χ0v) is 7.26. The number of rotatable bonds is 2. The van der Waals surface area contributed by atoms with Crippen LogP contribution in [0.5, 0.6) is 5.75 Å². The summed E-state index contributed by atoms with van der Waals surface area (Å²) in [6.45, 7) is 1.59. The van der Waals surface area contributed by atoms with Crippen LogP contribution in [0.3, 0.4) is 0 Å².